The molecule has 27 heavy (non-hydrogen) atoms. The van der Waals surface area contributed by atoms with E-state index in [2.05, 4.69) is 38.1 Å². The van der Waals surface area contributed by atoms with Gasteiger partial charge in [-0.2, -0.15) is 0 Å². The molecule has 0 bridgehead atoms. The van der Waals surface area contributed by atoms with E-state index < -0.39 is 5.97 Å². The van der Waals surface area contributed by atoms with E-state index in [1.165, 1.54) is 24.0 Å². The number of carboxylic acids is 1. The number of carbonyl (C=O) groups is 1. The smallest absolute Gasteiger partial charge is 0.307 e. The number of allylic oxidation sites excluding steroid dienone is 1. The molecule has 0 aromatic heterocycles. The molecule has 142 valence electrons. The molecule has 3 rings (SSSR count). The lowest BCUT2D eigenvalue weighted by Gasteiger charge is -2.13. The van der Waals surface area contributed by atoms with Gasteiger partial charge in [0, 0.05) is 5.56 Å². The van der Waals surface area contributed by atoms with Crippen molar-refractivity contribution in [1.82, 2.24) is 0 Å². The summed E-state index contributed by atoms with van der Waals surface area (Å²) in [6, 6.07) is 14.1. The number of carboxylic acid groups (broad SMARTS) is 1. The van der Waals surface area contributed by atoms with Gasteiger partial charge in [0.25, 0.3) is 0 Å². The van der Waals surface area contributed by atoms with Crippen molar-refractivity contribution in [2.75, 3.05) is 0 Å². The Hall–Kier alpha value is -2.55. The van der Waals surface area contributed by atoms with Crippen LogP contribution in [0.5, 0.6) is 5.75 Å². The lowest BCUT2D eigenvalue weighted by atomic mass is 9.91. The van der Waals surface area contributed by atoms with E-state index in [0.29, 0.717) is 6.61 Å². The van der Waals surface area contributed by atoms with Gasteiger partial charge in [0.05, 0.1) is 6.42 Å². The second-order valence-corrected chi connectivity index (χ2v) is 7.41. The Morgan fingerprint density at radius 1 is 1.22 bits per heavy atom. The van der Waals surface area contributed by atoms with Crippen molar-refractivity contribution in [3.8, 4) is 5.75 Å². The van der Waals surface area contributed by atoms with Gasteiger partial charge in [0.15, 0.2) is 0 Å². The largest absolute Gasteiger partial charge is 0.488 e. The second-order valence-electron chi connectivity index (χ2n) is 7.41. The van der Waals surface area contributed by atoms with Gasteiger partial charge in [0.1, 0.15) is 12.4 Å². The Morgan fingerprint density at radius 3 is 2.81 bits per heavy atom. The maximum absolute atomic E-state index is 11.1. The van der Waals surface area contributed by atoms with Crippen LogP contribution in [0.4, 0.5) is 0 Å². The van der Waals surface area contributed by atoms with E-state index >= 15 is 0 Å². The molecule has 1 N–H and O–H groups in total. The molecular weight excluding hydrogens is 336 g/mol. The fourth-order valence-electron chi connectivity index (χ4n) is 3.54. The Morgan fingerprint density at radius 2 is 2.04 bits per heavy atom. The molecule has 1 atom stereocenters. The Kier molecular flexibility index (Phi) is 6.33. The van der Waals surface area contributed by atoms with E-state index in [-0.39, 0.29) is 6.42 Å². The SMILES string of the molecule is CCC(C)CCC/C=C1/c2ccccc2COc2ccc(CC(=O)O)cc21. The van der Waals surface area contributed by atoms with Crippen LogP contribution in [0, 0.1) is 5.92 Å². The third-order valence-corrected chi connectivity index (χ3v) is 5.33. The van der Waals surface area contributed by atoms with E-state index in [1.54, 1.807) is 0 Å². The maximum atomic E-state index is 11.1. The molecule has 2 aromatic carbocycles. The summed E-state index contributed by atoms with van der Waals surface area (Å²) in [6.45, 7) is 5.07. The van der Waals surface area contributed by atoms with Gasteiger partial charge >= 0.3 is 5.97 Å². The highest BCUT2D eigenvalue weighted by molar-refractivity contribution is 5.85. The van der Waals surface area contributed by atoms with Gasteiger partial charge in [-0.25, -0.2) is 0 Å². The fourth-order valence-corrected chi connectivity index (χ4v) is 3.54. The molecular formula is C24H28O3. The van der Waals surface area contributed by atoms with Gasteiger partial charge in [-0.05, 0) is 53.2 Å². The van der Waals surface area contributed by atoms with Gasteiger partial charge < -0.3 is 9.84 Å². The third kappa shape index (κ3) is 4.79. The number of benzene rings is 2. The van der Waals surface area contributed by atoms with Crippen molar-refractivity contribution in [2.24, 2.45) is 5.92 Å². The minimum absolute atomic E-state index is 0.0240. The summed E-state index contributed by atoms with van der Waals surface area (Å²) in [6.07, 6.45) is 6.94. The van der Waals surface area contributed by atoms with Crippen LogP contribution in [0.25, 0.3) is 5.57 Å². The molecule has 0 aliphatic carbocycles. The predicted octanol–water partition coefficient (Wildman–Crippen LogP) is 5.85. The van der Waals surface area contributed by atoms with Gasteiger partial charge in [-0.1, -0.05) is 63.1 Å². The van der Waals surface area contributed by atoms with E-state index in [9.17, 15) is 4.79 Å². The van der Waals surface area contributed by atoms with E-state index in [1.807, 2.05) is 24.3 Å². The van der Waals surface area contributed by atoms with Crippen molar-refractivity contribution < 1.29 is 14.6 Å². The zero-order valence-electron chi connectivity index (χ0n) is 16.2. The average molecular weight is 364 g/mol. The number of fused-ring (bicyclic) bond motifs is 2. The highest BCUT2D eigenvalue weighted by Gasteiger charge is 2.19. The van der Waals surface area contributed by atoms with Gasteiger partial charge in [0.2, 0.25) is 0 Å². The molecule has 0 amide bonds. The van der Waals surface area contributed by atoms with E-state index in [0.717, 1.165) is 41.2 Å². The zero-order chi connectivity index (χ0) is 19.2. The molecule has 1 aliphatic rings. The topological polar surface area (TPSA) is 46.5 Å². The first-order valence-electron chi connectivity index (χ1n) is 9.84. The molecule has 2 aromatic rings. The van der Waals surface area contributed by atoms with Crippen molar-refractivity contribution in [2.45, 2.75) is 52.6 Å². The van der Waals surface area contributed by atoms with Crippen LogP contribution in [-0.2, 0) is 17.8 Å². The first-order chi connectivity index (χ1) is 13.1. The maximum Gasteiger partial charge on any atom is 0.307 e. The second kappa shape index (κ2) is 8.90. The summed E-state index contributed by atoms with van der Waals surface area (Å²) in [7, 11) is 0. The molecule has 0 radical (unpaired) electrons. The number of unbranched alkanes of at least 4 members (excludes halogenated alkanes) is 1. The van der Waals surface area contributed by atoms with Crippen molar-refractivity contribution in [3.63, 3.8) is 0 Å². The quantitative estimate of drug-likeness (QED) is 0.626. The molecule has 3 heteroatoms. The third-order valence-electron chi connectivity index (χ3n) is 5.33. The van der Waals surface area contributed by atoms with Crippen LogP contribution in [0.15, 0.2) is 48.5 Å². The number of rotatable bonds is 7. The molecule has 1 aliphatic heterocycles. The van der Waals surface area contributed by atoms with Crippen LogP contribution < -0.4 is 4.74 Å². The summed E-state index contributed by atoms with van der Waals surface area (Å²) >= 11 is 0. The standard InChI is InChI=1S/C24H28O3/c1-3-17(2)8-4-6-11-21-20-10-7-5-9-19(20)16-27-23-13-12-18(14-22(21)23)15-24(25)26/h5,7,9-14,17H,3-4,6,8,15-16H2,1-2H3,(H,25,26)/b21-11-. The van der Waals surface area contributed by atoms with Gasteiger partial charge in [-0.15, -0.1) is 0 Å². The summed E-state index contributed by atoms with van der Waals surface area (Å²) in [4.78, 5) is 11.1. The lowest BCUT2D eigenvalue weighted by molar-refractivity contribution is -0.136. The minimum atomic E-state index is -0.816. The van der Waals surface area contributed by atoms with Crippen molar-refractivity contribution >= 4 is 11.5 Å². The highest BCUT2D eigenvalue weighted by atomic mass is 16.5. The predicted molar refractivity (Wildman–Crippen MR) is 109 cm³/mol. The van der Waals surface area contributed by atoms with Crippen molar-refractivity contribution in [1.29, 1.82) is 0 Å². The van der Waals surface area contributed by atoms with Crippen LogP contribution in [0.2, 0.25) is 0 Å². The normalized spacial score (nSPS) is 15.4. The van der Waals surface area contributed by atoms with Crippen LogP contribution in [0.1, 0.15) is 61.8 Å². The monoisotopic (exact) mass is 364 g/mol. The summed E-state index contributed by atoms with van der Waals surface area (Å²) < 4.78 is 6.04. The van der Waals surface area contributed by atoms with Crippen molar-refractivity contribution in [3.05, 3.63) is 70.8 Å². The minimum Gasteiger partial charge on any atom is -0.488 e. The van der Waals surface area contributed by atoms with Gasteiger partial charge in [-0.3, -0.25) is 4.79 Å². The van der Waals surface area contributed by atoms with Crippen LogP contribution >= 0.6 is 0 Å². The molecule has 0 saturated heterocycles. The molecule has 0 spiro atoms. The molecule has 3 nitrogen and oxygen atoms in total. The first kappa shape index (κ1) is 19.2. The summed E-state index contributed by atoms with van der Waals surface area (Å²) in [5, 5.41) is 9.15. The zero-order valence-corrected chi connectivity index (χ0v) is 16.2. The van der Waals surface area contributed by atoms with Crippen LogP contribution in [0.3, 0.4) is 0 Å². The van der Waals surface area contributed by atoms with Crippen LogP contribution in [-0.4, -0.2) is 11.1 Å². The lowest BCUT2D eigenvalue weighted by Crippen LogP contribution is -2.01. The first-order valence-corrected chi connectivity index (χ1v) is 9.84. The average Bonchev–Trinajstić information content (AvgIpc) is 2.81. The Labute approximate surface area is 161 Å². The van der Waals surface area contributed by atoms with E-state index in [4.69, 9.17) is 9.84 Å². The number of hydrogen-bond donors (Lipinski definition) is 1. The molecule has 1 unspecified atom stereocenters. The highest BCUT2D eigenvalue weighted by Crippen LogP contribution is 2.37. The number of ether oxygens (including phenoxy) is 1. The molecule has 1 heterocycles. The Balaban J connectivity index is 1.97. The Bertz CT molecular complexity index is 835. The molecule has 0 saturated carbocycles. The summed E-state index contributed by atoms with van der Waals surface area (Å²) in [5.41, 5.74) is 5.32. The summed E-state index contributed by atoms with van der Waals surface area (Å²) in [5.74, 6) is 0.764. The molecule has 0 fully saturated rings. The number of hydrogen-bond acceptors (Lipinski definition) is 2. The fraction of sp³-hybridized carbons (Fsp3) is 0.375. The number of aliphatic carboxylic acids is 1.